The van der Waals surface area contributed by atoms with Crippen molar-refractivity contribution in [1.82, 2.24) is 0 Å². The molecule has 312 valence electrons. The van der Waals surface area contributed by atoms with E-state index in [1.807, 2.05) is 0 Å². The molecule has 0 aromatic heterocycles. The number of rotatable bonds is 47. The van der Waals surface area contributed by atoms with Crippen molar-refractivity contribution in [2.45, 2.75) is 12.5 Å². The van der Waals surface area contributed by atoms with Crippen LogP contribution >= 0.6 is 0 Å². The predicted octanol–water partition coefficient (Wildman–Crippen LogP) is -0.244. The Morgan fingerprint density at radius 1 is 0.365 bits per heavy atom. The van der Waals surface area contributed by atoms with E-state index in [0.717, 1.165) is 0 Å². The van der Waals surface area contributed by atoms with Crippen LogP contribution in [0.4, 0.5) is 0 Å². The minimum atomic E-state index is -0.480. The Morgan fingerprint density at radius 2 is 0.635 bits per heavy atom. The number of ether oxygens (including phenoxy) is 16. The third-order valence-electron chi connectivity index (χ3n) is 6.22. The average molecular weight is 764 g/mol. The van der Waals surface area contributed by atoms with Crippen molar-refractivity contribution >= 4 is 5.91 Å². The summed E-state index contributed by atoms with van der Waals surface area (Å²) < 4.78 is 87.2. The van der Waals surface area contributed by atoms with E-state index in [1.54, 1.807) is 14.2 Å². The van der Waals surface area contributed by atoms with Gasteiger partial charge in [0.05, 0.1) is 172 Å². The molecule has 0 rings (SSSR count). The fourth-order valence-corrected chi connectivity index (χ4v) is 3.65. The maximum absolute atomic E-state index is 10.6. The zero-order valence-electron chi connectivity index (χ0n) is 31.8. The van der Waals surface area contributed by atoms with E-state index >= 15 is 0 Å². The molecule has 1 amide bonds. The van der Waals surface area contributed by atoms with Crippen molar-refractivity contribution in [2.75, 3.05) is 206 Å². The van der Waals surface area contributed by atoms with Crippen LogP contribution in [-0.2, 0) is 80.6 Å². The third-order valence-corrected chi connectivity index (χ3v) is 6.22. The molecule has 0 heterocycles. The molecule has 0 radical (unpaired) electrons. The number of amides is 1. The molecule has 0 saturated heterocycles. The van der Waals surface area contributed by atoms with Gasteiger partial charge in [0.15, 0.2) is 0 Å². The highest BCUT2D eigenvalue weighted by molar-refractivity contribution is 5.74. The largest absolute Gasteiger partial charge is 0.382 e. The molecule has 2 N–H and O–H groups in total. The first-order chi connectivity index (χ1) is 25.7. The maximum Gasteiger partial charge on any atom is 0.243 e. The van der Waals surface area contributed by atoms with Gasteiger partial charge in [-0.15, -0.1) is 0 Å². The summed E-state index contributed by atoms with van der Waals surface area (Å²) >= 11 is 0. The minimum Gasteiger partial charge on any atom is -0.382 e. The normalized spacial score (nSPS) is 11.7. The molecule has 0 aliphatic rings. The van der Waals surface area contributed by atoms with Gasteiger partial charge in [-0.05, 0) is 6.42 Å². The summed E-state index contributed by atoms with van der Waals surface area (Å²) in [6, 6.07) is 0. The molecule has 18 heteroatoms. The van der Waals surface area contributed by atoms with Crippen molar-refractivity contribution in [2.24, 2.45) is 5.73 Å². The summed E-state index contributed by atoms with van der Waals surface area (Å²) in [6.07, 6.45) is 0.406. The van der Waals surface area contributed by atoms with E-state index in [0.29, 0.717) is 191 Å². The zero-order chi connectivity index (χ0) is 37.7. The van der Waals surface area contributed by atoms with Crippen LogP contribution in [0.2, 0.25) is 0 Å². The number of carbonyl (C=O) groups is 1. The van der Waals surface area contributed by atoms with Gasteiger partial charge in [-0.3, -0.25) is 4.79 Å². The number of primary amides is 1. The van der Waals surface area contributed by atoms with Crippen LogP contribution in [0.3, 0.4) is 0 Å². The molecule has 0 atom stereocenters. The lowest BCUT2D eigenvalue weighted by molar-refractivity contribution is -0.122. The summed E-state index contributed by atoms with van der Waals surface area (Å²) in [5, 5.41) is 0. The molecular weight excluding hydrogens is 694 g/mol. The Kier molecular flexibility index (Phi) is 45.0. The first-order valence-corrected chi connectivity index (χ1v) is 18.1. The van der Waals surface area contributed by atoms with Gasteiger partial charge in [-0.2, -0.15) is 0 Å². The summed E-state index contributed by atoms with van der Waals surface area (Å²) in [6.45, 7) is 13.1. The van der Waals surface area contributed by atoms with E-state index in [4.69, 9.17) is 81.5 Å². The molecule has 0 fully saturated rings. The fraction of sp³-hybridized carbons (Fsp3) is 0.971. The second kappa shape index (κ2) is 46.0. The lowest BCUT2D eigenvalue weighted by atomic mass is 10.4. The quantitative estimate of drug-likeness (QED) is 0.0799. The Morgan fingerprint density at radius 3 is 0.962 bits per heavy atom. The summed E-state index contributed by atoms with van der Waals surface area (Å²) in [5.74, 6) is -0.480. The zero-order valence-corrected chi connectivity index (χ0v) is 31.8. The molecule has 0 aliphatic heterocycles. The number of methoxy groups -OCH3 is 2. The van der Waals surface area contributed by atoms with Gasteiger partial charge in [-0.25, -0.2) is 0 Å². The average Bonchev–Trinajstić information content (AvgIpc) is 3.14. The Hall–Kier alpha value is -1.17. The SMILES string of the molecule is COCCOCCOCCOCCOCC(COCCOCCOCCOCCOC)OCCOCCOCCOCCOCCCOCC(N)=O. The van der Waals surface area contributed by atoms with E-state index in [-0.39, 0.29) is 12.7 Å². The van der Waals surface area contributed by atoms with Crippen molar-refractivity contribution < 1.29 is 80.6 Å². The van der Waals surface area contributed by atoms with E-state index < -0.39 is 5.91 Å². The van der Waals surface area contributed by atoms with Crippen molar-refractivity contribution in [3.63, 3.8) is 0 Å². The molecule has 0 bridgehead atoms. The van der Waals surface area contributed by atoms with Gasteiger partial charge in [-0.1, -0.05) is 0 Å². The first kappa shape index (κ1) is 50.8. The van der Waals surface area contributed by atoms with Crippen LogP contribution in [-0.4, -0.2) is 218 Å². The van der Waals surface area contributed by atoms with E-state index in [1.165, 1.54) is 0 Å². The van der Waals surface area contributed by atoms with Crippen LogP contribution in [0.25, 0.3) is 0 Å². The van der Waals surface area contributed by atoms with Gasteiger partial charge in [0.1, 0.15) is 12.7 Å². The topological polar surface area (TPSA) is 191 Å². The van der Waals surface area contributed by atoms with Crippen LogP contribution in [0, 0.1) is 0 Å². The highest BCUT2D eigenvalue weighted by Crippen LogP contribution is 1.98. The molecular formula is C34H69NO17. The van der Waals surface area contributed by atoms with Crippen LogP contribution in [0.15, 0.2) is 0 Å². The van der Waals surface area contributed by atoms with Gasteiger partial charge in [0, 0.05) is 27.4 Å². The molecule has 0 unspecified atom stereocenters. The predicted molar refractivity (Wildman–Crippen MR) is 188 cm³/mol. The number of hydrogen-bond acceptors (Lipinski definition) is 17. The highest BCUT2D eigenvalue weighted by Gasteiger charge is 2.10. The van der Waals surface area contributed by atoms with Crippen molar-refractivity contribution in [3.05, 3.63) is 0 Å². The standard InChI is InChI=1S/C34H69NO17/c1-37-6-8-40-12-14-43-18-20-46-24-26-50-30-33(31-51-27-25-47-21-19-44-15-13-41-9-7-38-2)52-29-28-48-23-22-45-17-16-42-11-10-39-4-3-5-49-32-34(35)36/h33H,3-32H2,1-2H3,(H2,35,36). The fourth-order valence-electron chi connectivity index (χ4n) is 3.65. The van der Waals surface area contributed by atoms with E-state index in [9.17, 15) is 4.79 Å². The second-order valence-electron chi connectivity index (χ2n) is 10.6. The lowest BCUT2D eigenvalue weighted by Gasteiger charge is -2.18. The lowest BCUT2D eigenvalue weighted by Crippen LogP contribution is -2.29. The van der Waals surface area contributed by atoms with Gasteiger partial charge >= 0.3 is 0 Å². The summed E-state index contributed by atoms with van der Waals surface area (Å²) in [7, 11) is 3.27. The Bertz CT molecular complexity index is 656. The molecule has 0 saturated carbocycles. The molecule has 0 spiro atoms. The Labute approximate surface area is 310 Å². The van der Waals surface area contributed by atoms with Crippen molar-refractivity contribution in [1.29, 1.82) is 0 Å². The summed E-state index contributed by atoms with van der Waals surface area (Å²) in [4.78, 5) is 10.6. The molecule has 0 aromatic carbocycles. The highest BCUT2D eigenvalue weighted by atomic mass is 16.6. The summed E-state index contributed by atoms with van der Waals surface area (Å²) in [5.41, 5.74) is 5.00. The molecule has 52 heavy (non-hydrogen) atoms. The third kappa shape index (κ3) is 45.0. The minimum absolute atomic E-state index is 0.0698. The molecule has 0 aromatic rings. The van der Waals surface area contributed by atoms with Gasteiger partial charge in [0.2, 0.25) is 5.91 Å². The van der Waals surface area contributed by atoms with Crippen molar-refractivity contribution in [3.8, 4) is 0 Å². The Balaban J connectivity index is 3.90. The second-order valence-corrected chi connectivity index (χ2v) is 10.6. The number of carbonyl (C=O) groups excluding carboxylic acids is 1. The molecule has 0 aliphatic carbocycles. The van der Waals surface area contributed by atoms with Crippen LogP contribution < -0.4 is 5.73 Å². The van der Waals surface area contributed by atoms with Crippen LogP contribution in [0.5, 0.6) is 0 Å². The van der Waals surface area contributed by atoms with Crippen LogP contribution in [0.1, 0.15) is 6.42 Å². The molecule has 18 nitrogen and oxygen atoms in total. The van der Waals surface area contributed by atoms with Gasteiger partial charge < -0.3 is 81.5 Å². The number of nitrogens with two attached hydrogens (primary N) is 1. The smallest absolute Gasteiger partial charge is 0.243 e. The maximum atomic E-state index is 10.6. The number of hydrogen-bond donors (Lipinski definition) is 1. The van der Waals surface area contributed by atoms with Gasteiger partial charge in [0.25, 0.3) is 0 Å². The monoisotopic (exact) mass is 763 g/mol. The van der Waals surface area contributed by atoms with E-state index in [2.05, 4.69) is 0 Å². The first-order valence-electron chi connectivity index (χ1n) is 18.1.